The fourth-order valence-corrected chi connectivity index (χ4v) is 6.78. The lowest BCUT2D eigenvalue weighted by atomic mass is 9.95. The predicted octanol–water partition coefficient (Wildman–Crippen LogP) is 4.24. The molecule has 4 rings (SSSR count). The first-order chi connectivity index (χ1) is 17.7. The summed E-state index contributed by atoms with van der Waals surface area (Å²) in [5.41, 5.74) is 1.03. The smallest absolute Gasteiger partial charge is 0.269 e. The summed E-state index contributed by atoms with van der Waals surface area (Å²) in [5.74, 6) is -1.03. The molecule has 2 aromatic rings. The van der Waals surface area contributed by atoms with Gasteiger partial charge < -0.3 is 10.2 Å². The van der Waals surface area contributed by atoms with Crippen molar-refractivity contribution in [2.75, 3.05) is 6.54 Å². The Kier molecular flexibility index (Phi) is 8.69. The number of hydrogen-bond acceptors (Lipinski definition) is 5. The Morgan fingerprint density at radius 1 is 1.08 bits per heavy atom. The third-order valence-electron chi connectivity index (χ3n) is 7.05. The molecule has 1 fully saturated rings. The molecule has 1 aliphatic heterocycles. The van der Waals surface area contributed by atoms with E-state index in [0.29, 0.717) is 0 Å². The topological polar surface area (TPSA) is 104 Å². The van der Waals surface area contributed by atoms with Crippen molar-refractivity contribution in [2.24, 2.45) is 0 Å². The molecule has 37 heavy (non-hydrogen) atoms. The van der Waals surface area contributed by atoms with Crippen LogP contribution in [0.25, 0.3) is 0 Å². The normalized spacial score (nSPS) is 17.8. The van der Waals surface area contributed by atoms with E-state index in [0.717, 1.165) is 40.0 Å². The van der Waals surface area contributed by atoms with Crippen molar-refractivity contribution in [2.45, 2.75) is 75.4 Å². The highest BCUT2D eigenvalue weighted by atomic mass is 79.9. The molecule has 198 valence electrons. The summed E-state index contributed by atoms with van der Waals surface area (Å²) in [6.45, 7) is 1.87. The van der Waals surface area contributed by atoms with Crippen LogP contribution in [0, 0.1) is 0 Å². The maximum Gasteiger partial charge on any atom is 0.269 e. The van der Waals surface area contributed by atoms with Gasteiger partial charge in [0.15, 0.2) is 0 Å². The van der Waals surface area contributed by atoms with Gasteiger partial charge in [0.2, 0.25) is 11.8 Å². The van der Waals surface area contributed by atoms with Gasteiger partial charge in [0.25, 0.3) is 15.9 Å². The van der Waals surface area contributed by atoms with Crippen molar-refractivity contribution < 1.29 is 22.8 Å². The molecule has 1 N–H and O–H groups in total. The molecular weight excluding hydrogens is 558 g/mol. The van der Waals surface area contributed by atoms with Gasteiger partial charge in [-0.1, -0.05) is 59.5 Å². The number of halogens is 1. The molecule has 1 heterocycles. The van der Waals surface area contributed by atoms with Crippen LogP contribution in [-0.4, -0.2) is 54.0 Å². The summed E-state index contributed by atoms with van der Waals surface area (Å²) in [4.78, 5) is 40.7. The number of amides is 3. The number of hydrogen-bond donors (Lipinski definition) is 1. The van der Waals surface area contributed by atoms with E-state index in [1.807, 2.05) is 24.3 Å². The molecule has 0 bridgehead atoms. The molecule has 0 radical (unpaired) electrons. The lowest BCUT2D eigenvalue weighted by molar-refractivity contribution is -0.141. The number of nitrogens with one attached hydrogen (secondary N) is 1. The van der Waals surface area contributed by atoms with Crippen LogP contribution in [0.5, 0.6) is 0 Å². The van der Waals surface area contributed by atoms with Crippen LogP contribution < -0.4 is 5.32 Å². The lowest BCUT2D eigenvalue weighted by Gasteiger charge is -2.31. The minimum absolute atomic E-state index is 0.00352. The second-order valence-corrected chi connectivity index (χ2v) is 12.4. The van der Waals surface area contributed by atoms with E-state index in [1.54, 1.807) is 19.1 Å². The molecule has 3 amide bonds. The molecule has 2 aromatic carbocycles. The van der Waals surface area contributed by atoms with E-state index in [-0.39, 0.29) is 54.2 Å². The lowest BCUT2D eigenvalue weighted by Crippen LogP contribution is -2.50. The highest BCUT2D eigenvalue weighted by molar-refractivity contribution is 9.10. The molecule has 0 unspecified atom stereocenters. The molecule has 0 saturated heterocycles. The van der Waals surface area contributed by atoms with E-state index in [9.17, 15) is 22.8 Å². The zero-order chi connectivity index (χ0) is 26.6. The fraction of sp³-hybridized carbons (Fsp3) is 0.444. The van der Waals surface area contributed by atoms with Crippen LogP contribution in [0.2, 0.25) is 0 Å². The van der Waals surface area contributed by atoms with Crippen molar-refractivity contribution in [1.29, 1.82) is 0 Å². The average molecular weight is 591 g/mol. The van der Waals surface area contributed by atoms with Gasteiger partial charge >= 0.3 is 0 Å². The summed E-state index contributed by atoms with van der Waals surface area (Å²) in [5, 5.41) is 3.10. The van der Waals surface area contributed by atoms with Gasteiger partial charge in [-0.05, 0) is 56.0 Å². The Morgan fingerprint density at radius 3 is 2.43 bits per heavy atom. The van der Waals surface area contributed by atoms with Crippen molar-refractivity contribution in [1.82, 2.24) is 14.5 Å². The number of rotatable bonds is 9. The Labute approximate surface area is 226 Å². The number of carbonyl (C=O) groups excluding carboxylic acids is 3. The average Bonchev–Trinajstić information content (AvgIpc) is 3.09. The Hall–Kier alpha value is -2.72. The number of nitrogens with zero attached hydrogens (tertiary/aromatic N) is 2. The van der Waals surface area contributed by atoms with Crippen molar-refractivity contribution in [3.05, 3.63) is 64.1 Å². The monoisotopic (exact) mass is 589 g/mol. The van der Waals surface area contributed by atoms with E-state index in [2.05, 4.69) is 21.2 Å². The zero-order valence-electron chi connectivity index (χ0n) is 20.9. The third-order valence-corrected chi connectivity index (χ3v) is 9.42. The molecule has 1 aliphatic carbocycles. The highest BCUT2D eigenvalue weighted by Gasteiger charge is 2.40. The van der Waals surface area contributed by atoms with Crippen molar-refractivity contribution in [3.63, 3.8) is 0 Å². The quantitative estimate of drug-likeness (QED) is 0.471. The molecule has 0 aromatic heterocycles. The maximum atomic E-state index is 13.4. The molecule has 8 nitrogen and oxygen atoms in total. The van der Waals surface area contributed by atoms with Gasteiger partial charge in [-0.15, -0.1) is 0 Å². The fourth-order valence-electron chi connectivity index (χ4n) is 4.91. The second kappa shape index (κ2) is 11.8. The Balaban J connectivity index is 1.43. The van der Waals surface area contributed by atoms with Gasteiger partial charge in [-0.2, -0.15) is 0 Å². The first-order valence-corrected chi connectivity index (χ1v) is 14.9. The second-order valence-electron chi connectivity index (χ2n) is 9.65. The predicted molar refractivity (Wildman–Crippen MR) is 143 cm³/mol. The van der Waals surface area contributed by atoms with Crippen molar-refractivity contribution >= 4 is 43.7 Å². The number of fused-ring (bicyclic) bond motifs is 1. The van der Waals surface area contributed by atoms with E-state index >= 15 is 0 Å². The van der Waals surface area contributed by atoms with E-state index in [4.69, 9.17) is 0 Å². The molecular formula is C27H32BrN3O5S. The maximum absolute atomic E-state index is 13.4. The molecule has 10 heteroatoms. The molecule has 0 spiro atoms. The molecule has 1 atom stereocenters. The van der Waals surface area contributed by atoms with Crippen LogP contribution in [0.3, 0.4) is 0 Å². The summed E-state index contributed by atoms with van der Waals surface area (Å²) in [6, 6.07) is 13.1. The number of carbonyl (C=O) groups is 3. The summed E-state index contributed by atoms with van der Waals surface area (Å²) in [7, 11) is -3.92. The summed E-state index contributed by atoms with van der Waals surface area (Å²) in [6.07, 6.45) is 5.40. The first-order valence-electron chi connectivity index (χ1n) is 12.7. The standard InChI is InChI=1S/C27H32BrN3O5S/c1-19(26(33)29-22-8-3-2-4-9-22)30(18-20-13-15-21(28)16-14-20)25(32)12-7-17-31-27(34)23-10-5-6-11-24(23)37(31,35)36/h5-6,10-11,13-16,19,22H,2-4,7-9,12,17-18H2,1H3,(H,29,33)/t19-/m0/s1. The Morgan fingerprint density at radius 2 is 1.76 bits per heavy atom. The largest absolute Gasteiger partial charge is 0.352 e. The highest BCUT2D eigenvalue weighted by Crippen LogP contribution is 2.30. The Bertz CT molecular complexity index is 1260. The van der Waals surface area contributed by atoms with Crippen molar-refractivity contribution in [3.8, 4) is 0 Å². The zero-order valence-corrected chi connectivity index (χ0v) is 23.3. The minimum Gasteiger partial charge on any atom is -0.352 e. The van der Waals surface area contributed by atoms with Crippen LogP contribution in [-0.2, 0) is 26.2 Å². The SMILES string of the molecule is C[C@@H](C(=O)NC1CCCCC1)N(Cc1ccc(Br)cc1)C(=O)CCCN1C(=O)c2ccccc2S1(=O)=O. The van der Waals surface area contributed by atoms with Crippen LogP contribution >= 0.6 is 15.9 Å². The minimum atomic E-state index is -3.92. The summed E-state index contributed by atoms with van der Waals surface area (Å²) < 4.78 is 27.4. The van der Waals surface area contributed by atoms with Crippen LogP contribution in [0.15, 0.2) is 57.9 Å². The van der Waals surface area contributed by atoms with Gasteiger partial charge in [-0.3, -0.25) is 14.4 Å². The number of benzene rings is 2. The third kappa shape index (κ3) is 6.23. The first kappa shape index (κ1) is 27.3. The summed E-state index contributed by atoms with van der Waals surface area (Å²) >= 11 is 3.41. The van der Waals surface area contributed by atoms with Gasteiger partial charge in [-0.25, -0.2) is 12.7 Å². The van der Waals surface area contributed by atoms with Crippen LogP contribution in [0.4, 0.5) is 0 Å². The van der Waals surface area contributed by atoms with Gasteiger partial charge in [0, 0.05) is 30.0 Å². The van der Waals surface area contributed by atoms with E-state index in [1.165, 1.54) is 23.5 Å². The van der Waals surface area contributed by atoms with Crippen LogP contribution in [0.1, 0.15) is 67.8 Å². The molecule has 1 saturated carbocycles. The van der Waals surface area contributed by atoms with Gasteiger partial charge in [0.1, 0.15) is 10.9 Å². The van der Waals surface area contributed by atoms with Gasteiger partial charge in [0.05, 0.1) is 5.56 Å². The molecule has 2 aliphatic rings. The van der Waals surface area contributed by atoms with E-state index < -0.39 is 22.0 Å². The number of sulfonamides is 1.